The Morgan fingerprint density at radius 1 is 1.19 bits per heavy atom. The van der Waals surface area contributed by atoms with E-state index in [2.05, 4.69) is 4.98 Å². The molecule has 27 heavy (non-hydrogen) atoms. The fraction of sp³-hybridized carbons (Fsp3) is 0.286. The smallest absolute Gasteiger partial charge is 0.253 e. The quantitative estimate of drug-likeness (QED) is 0.772. The number of oxazole rings is 1. The number of nitrogens with zero attached hydrogens (tertiary/aromatic N) is 2. The van der Waals surface area contributed by atoms with E-state index in [1.807, 2.05) is 30.3 Å². The number of carbonyl (C=O) groups excluding carboxylic acids is 2. The minimum absolute atomic E-state index is 0.101. The highest BCUT2D eigenvalue weighted by atomic mass is 16.3. The van der Waals surface area contributed by atoms with Crippen LogP contribution in [0.1, 0.15) is 34.7 Å². The first-order chi connectivity index (χ1) is 13.1. The highest BCUT2D eigenvalue weighted by Gasteiger charge is 2.27. The van der Waals surface area contributed by atoms with Gasteiger partial charge >= 0.3 is 0 Å². The van der Waals surface area contributed by atoms with E-state index < -0.39 is 0 Å². The molecule has 138 valence electrons. The van der Waals surface area contributed by atoms with E-state index in [1.54, 1.807) is 23.1 Å². The van der Waals surface area contributed by atoms with Crippen LogP contribution in [0, 0.1) is 5.92 Å². The Morgan fingerprint density at radius 2 is 2.00 bits per heavy atom. The van der Waals surface area contributed by atoms with Crippen molar-refractivity contribution in [1.82, 2.24) is 9.88 Å². The van der Waals surface area contributed by atoms with Crippen molar-refractivity contribution in [2.24, 2.45) is 11.7 Å². The number of hydrogen-bond donors (Lipinski definition) is 1. The number of benzene rings is 2. The molecule has 6 heteroatoms. The van der Waals surface area contributed by atoms with Gasteiger partial charge in [0.05, 0.1) is 5.92 Å². The van der Waals surface area contributed by atoms with E-state index in [9.17, 15) is 9.59 Å². The fourth-order valence-corrected chi connectivity index (χ4v) is 3.53. The van der Waals surface area contributed by atoms with Crippen LogP contribution in [0.15, 0.2) is 52.9 Å². The Hall–Kier alpha value is -3.15. The van der Waals surface area contributed by atoms with E-state index >= 15 is 0 Å². The van der Waals surface area contributed by atoms with Gasteiger partial charge in [-0.05, 0) is 36.6 Å². The van der Waals surface area contributed by atoms with Crippen molar-refractivity contribution in [1.29, 1.82) is 0 Å². The van der Waals surface area contributed by atoms with E-state index in [0.717, 1.165) is 18.4 Å². The minimum atomic E-state index is -0.343. The SMILES string of the molecule is NC(=O)C1CCCN(C(=O)c2ccc3oc(Cc4ccccc4)nc3c2)C1. The molecule has 2 aromatic carbocycles. The van der Waals surface area contributed by atoms with Crippen molar-refractivity contribution in [3.63, 3.8) is 0 Å². The van der Waals surface area contributed by atoms with Crippen molar-refractivity contribution in [2.45, 2.75) is 19.3 Å². The summed E-state index contributed by atoms with van der Waals surface area (Å²) in [6.07, 6.45) is 2.13. The largest absolute Gasteiger partial charge is 0.440 e. The van der Waals surface area contributed by atoms with Gasteiger partial charge in [-0.3, -0.25) is 9.59 Å². The van der Waals surface area contributed by atoms with Gasteiger partial charge in [0.1, 0.15) is 5.52 Å². The molecule has 0 bridgehead atoms. The second-order valence-corrected chi connectivity index (χ2v) is 6.95. The van der Waals surface area contributed by atoms with Gasteiger partial charge in [-0.25, -0.2) is 4.98 Å². The van der Waals surface area contributed by atoms with Crippen LogP contribution in [0.2, 0.25) is 0 Å². The van der Waals surface area contributed by atoms with Crippen LogP contribution in [0.25, 0.3) is 11.1 Å². The molecule has 1 fully saturated rings. The molecule has 1 unspecified atom stereocenters. The van der Waals surface area contributed by atoms with Crippen molar-refractivity contribution < 1.29 is 14.0 Å². The average Bonchev–Trinajstić information content (AvgIpc) is 3.09. The Bertz CT molecular complexity index is 981. The molecule has 2 N–H and O–H groups in total. The summed E-state index contributed by atoms with van der Waals surface area (Å²) in [6, 6.07) is 15.3. The third-order valence-electron chi connectivity index (χ3n) is 4.99. The molecule has 3 aromatic rings. The molecule has 1 aliphatic heterocycles. The van der Waals surface area contributed by atoms with Crippen LogP contribution in [-0.4, -0.2) is 34.8 Å². The lowest BCUT2D eigenvalue weighted by atomic mass is 9.97. The average molecular weight is 363 g/mol. The predicted molar refractivity (Wildman–Crippen MR) is 101 cm³/mol. The van der Waals surface area contributed by atoms with Gasteiger partial charge < -0.3 is 15.1 Å². The van der Waals surface area contributed by atoms with Gasteiger partial charge in [0, 0.05) is 25.1 Å². The second kappa shape index (κ2) is 7.23. The van der Waals surface area contributed by atoms with E-state index in [4.69, 9.17) is 10.2 Å². The molecule has 4 rings (SSSR count). The highest BCUT2D eigenvalue weighted by Crippen LogP contribution is 2.22. The zero-order chi connectivity index (χ0) is 18.8. The molecule has 0 radical (unpaired) electrons. The molecule has 1 aliphatic rings. The van der Waals surface area contributed by atoms with Crippen LogP contribution in [0.4, 0.5) is 0 Å². The summed E-state index contributed by atoms with van der Waals surface area (Å²) >= 11 is 0. The summed E-state index contributed by atoms with van der Waals surface area (Å²) in [4.78, 5) is 30.5. The molecular formula is C21H21N3O3. The number of amides is 2. The Balaban J connectivity index is 1.54. The zero-order valence-electron chi connectivity index (χ0n) is 14.9. The van der Waals surface area contributed by atoms with Crippen LogP contribution >= 0.6 is 0 Å². The lowest BCUT2D eigenvalue weighted by Crippen LogP contribution is -2.44. The highest BCUT2D eigenvalue weighted by molar-refractivity contribution is 5.97. The lowest BCUT2D eigenvalue weighted by Gasteiger charge is -2.31. The van der Waals surface area contributed by atoms with Gasteiger partial charge in [-0.1, -0.05) is 30.3 Å². The summed E-state index contributed by atoms with van der Waals surface area (Å²) in [6.45, 7) is 1.02. The van der Waals surface area contributed by atoms with Gasteiger partial charge in [0.25, 0.3) is 5.91 Å². The normalized spacial score (nSPS) is 17.2. The van der Waals surface area contributed by atoms with E-state index in [0.29, 0.717) is 42.1 Å². The molecule has 2 amide bonds. The number of piperidine rings is 1. The topological polar surface area (TPSA) is 89.4 Å². The summed E-state index contributed by atoms with van der Waals surface area (Å²) in [5, 5.41) is 0. The first-order valence-corrected chi connectivity index (χ1v) is 9.12. The van der Waals surface area contributed by atoms with Gasteiger partial charge in [-0.15, -0.1) is 0 Å². The maximum atomic E-state index is 12.8. The number of carbonyl (C=O) groups is 2. The molecule has 0 spiro atoms. The number of fused-ring (bicyclic) bond motifs is 1. The van der Waals surface area contributed by atoms with Crippen molar-refractivity contribution in [2.75, 3.05) is 13.1 Å². The standard InChI is InChI=1S/C21H21N3O3/c22-20(25)16-7-4-10-24(13-16)21(26)15-8-9-18-17(12-15)23-19(27-18)11-14-5-2-1-3-6-14/h1-3,5-6,8-9,12,16H,4,7,10-11,13H2,(H2,22,25). The lowest BCUT2D eigenvalue weighted by molar-refractivity contribution is -0.123. The molecule has 6 nitrogen and oxygen atoms in total. The summed E-state index contributed by atoms with van der Waals surface area (Å²) in [5.74, 6) is -0.0935. The molecular weight excluding hydrogens is 342 g/mol. The molecule has 2 heterocycles. The number of hydrogen-bond acceptors (Lipinski definition) is 4. The maximum absolute atomic E-state index is 12.8. The summed E-state index contributed by atoms with van der Waals surface area (Å²) < 4.78 is 5.80. The minimum Gasteiger partial charge on any atom is -0.440 e. The molecule has 0 aliphatic carbocycles. The molecule has 0 saturated carbocycles. The van der Waals surface area contributed by atoms with E-state index in [1.165, 1.54) is 0 Å². The first-order valence-electron chi connectivity index (χ1n) is 9.12. The third kappa shape index (κ3) is 3.69. The maximum Gasteiger partial charge on any atom is 0.253 e. The Labute approximate surface area is 157 Å². The van der Waals surface area contributed by atoms with Crippen molar-refractivity contribution >= 4 is 22.9 Å². The van der Waals surface area contributed by atoms with Crippen LogP contribution < -0.4 is 5.73 Å². The Morgan fingerprint density at radius 3 is 2.78 bits per heavy atom. The molecule has 1 aromatic heterocycles. The van der Waals surface area contributed by atoms with Crippen molar-refractivity contribution in [3.8, 4) is 0 Å². The fourth-order valence-electron chi connectivity index (χ4n) is 3.53. The first kappa shape index (κ1) is 17.3. The van der Waals surface area contributed by atoms with Crippen LogP contribution in [0.5, 0.6) is 0 Å². The molecule has 1 saturated heterocycles. The van der Waals surface area contributed by atoms with Gasteiger partial charge in [0.15, 0.2) is 11.5 Å². The number of nitrogens with two attached hydrogens (primary N) is 1. The van der Waals surface area contributed by atoms with Crippen LogP contribution in [0.3, 0.4) is 0 Å². The Kier molecular flexibility index (Phi) is 4.62. The van der Waals surface area contributed by atoms with E-state index in [-0.39, 0.29) is 17.7 Å². The molecule has 1 atom stereocenters. The predicted octanol–water partition coefficient (Wildman–Crippen LogP) is 2.76. The van der Waals surface area contributed by atoms with Gasteiger partial charge in [-0.2, -0.15) is 0 Å². The number of primary amides is 1. The third-order valence-corrected chi connectivity index (χ3v) is 4.99. The zero-order valence-corrected chi connectivity index (χ0v) is 14.9. The second-order valence-electron chi connectivity index (χ2n) is 6.95. The van der Waals surface area contributed by atoms with Crippen molar-refractivity contribution in [3.05, 3.63) is 65.5 Å². The monoisotopic (exact) mass is 363 g/mol. The van der Waals surface area contributed by atoms with Gasteiger partial charge in [0.2, 0.25) is 5.91 Å². The summed E-state index contributed by atoms with van der Waals surface area (Å²) in [5.41, 5.74) is 8.40. The number of aromatic nitrogens is 1. The summed E-state index contributed by atoms with van der Waals surface area (Å²) in [7, 11) is 0. The number of likely N-dealkylation sites (tertiary alicyclic amines) is 1. The van der Waals surface area contributed by atoms with Crippen LogP contribution in [-0.2, 0) is 11.2 Å². The number of rotatable bonds is 4.